The molecule has 1 saturated carbocycles. The van der Waals surface area contributed by atoms with Crippen LogP contribution in [0.25, 0.3) is 11.0 Å². The second-order valence-corrected chi connectivity index (χ2v) is 8.46. The minimum atomic E-state index is -0.0719. The van der Waals surface area contributed by atoms with E-state index in [1.807, 2.05) is 42.5 Å². The first-order chi connectivity index (χ1) is 15.1. The third-order valence-electron chi connectivity index (χ3n) is 5.91. The lowest BCUT2D eigenvalue weighted by Crippen LogP contribution is -2.34. The van der Waals surface area contributed by atoms with E-state index in [2.05, 4.69) is 20.6 Å². The van der Waals surface area contributed by atoms with Gasteiger partial charge in [-0.3, -0.25) is 9.59 Å². The Morgan fingerprint density at radius 3 is 2.45 bits per heavy atom. The first-order valence-electron chi connectivity index (χ1n) is 11.2. The molecule has 1 aliphatic carbocycles. The van der Waals surface area contributed by atoms with Crippen LogP contribution in [0.2, 0.25) is 0 Å². The molecular formula is C25H30N4O2. The molecule has 1 aliphatic rings. The van der Waals surface area contributed by atoms with E-state index in [0.29, 0.717) is 11.6 Å². The van der Waals surface area contributed by atoms with Gasteiger partial charge in [-0.25, -0.2) is 4.98 Å². The van der Waals surface area contributed by atoms with Crippen molar-refractivity contribution in [3.8, 4) is 0 Å². The predicted molar refractivity (Wildman–Crippen MR) is 123 cm³/mol. The van der Waals surface area contributed by atoms with E-state index in [1.54, 1.807) is 0 Å². The maximum atomic E-state index is 12.7. The maximum absolute atomic E-state index is 12.7. The van der Waals surface area contributed by atoms with Crippen LogP contribution in [0, 0.1) is 0 Å². The standard InChI is InChI=1S/C25H30N4O2/c1-17(30)26-21-12-8-18(9-13-21)10-15-24-28-22-14-11-19(16-23(22)29-24)25(31)27-20-6-4-2-3-5-7-20/h8-9,11-14,16,20H,2-7,10,15H2,1H3,(H,26,30)(H,27,31)(H,28,29). The molecule has 6 heteroatoms. The Morgan fingerprint density at radius 2 is 1.74 bits per heavy atom. The number of aromatic nitrogens is 2. The average Bonchev–Trinajstić information content (AvgIpc) is 2.99. The highest BCUT2D eigenvalue weighted by Crippen LogP contribution is 2.19. The van der Waals surface area contributed by atoms with Crippen LogP contribution in [0.15, 0.2) is 42.5 Å². The molecule has 31 heavy (non-hydrogen) atoms. The number of rotatable bonds is 6. The molecule has 0 radical (unpaired) electrons. The van der Waals surface area contributed by atoms with Crippen molar-refractivity contribution in [2.75, 3.05) is 5.32 Å². The van der Waals surface area contributed by atoms with Crippen molar-refractivity contribution in [2.45, 2.75) is 64.3 Å². The zero-order valence-corrected chi connectivity index (χ0v) is 18.0. The van der Waals surface area contributed by atoms with Gasteiger partial charge in [0.05, 0.1) is 11.0 Å². The summed E-state index contributed by atoms with van der Waals surface area (Å²) < 4.78 is 0. The third-order valence-corrected chi connectivity index (χ3v) is 5.91. The largest absolute Gasteiger partial charge is 0.349 e. The van der Waals surface area contributed by atoms with Crippen LogP contribution in [0.3, 0.4) is 0 Å². The molecule has 0 aliphatic heterocycles. The number of nitrogens with one attached hydrogen (secondary N) is 3. The molecule has 0 atom stereocenters. The van der Waals surface area contributed by atoms with Crippen molar-refractivity contribution in [3.05, 3.63) is 59.4 Å². The average molecular weight is 419 g/mol. The van der Waals surface area contributed by atoms with Gasteiger partial charge in [-0.2, -0.15) is 0 Å². The van der Waals surface area contributed by atoms with E-state index in [0.717, 1.165) is 48.2 Å². The monoisotopic (exact) mass is 418 g/mol. The highest BCUT2D eigenvalue weighted by molar-refractivity contribution is 5.97. The first-order valence-corrected chi connectivity index (χ1v) is 11.2. The minimum absolute atomic E-state index is 0.00390. The molecule has 3 aromatic rings. The molecule has 6 nitrogen and oxygen atoms in total. The molecule has 1 aromatic heterocycles. The minimum Gasteiger partial charge on any atom is -0.349 e. The molecular weight excluding hydrogens is 388 g/mol. The van der Waals surface area contributed by atoms with Crippen LogP contribution in [-0.4, -0.2) is 27.8 Å². The van der Waals surface area contributed by atoms with Gasteiger partial charge in [0, 0.05) is 30.6 Å². The van der Waals surface area contributed by atoms with Crippen molar-refractivity contribution < 1.29 is 9.59 Å². The summed E-state index contributed by atoms with van der Waals surface area (Å²) in [4.78, 5) is 31.9. The Morgan fingerprint density at radius 1 is 1.00 bits per heavy atom. The number of aromatic amines is 1. The number of carbonyl (C=O) groups is 2. The van der Waals surface area contributed by atoms with Crippen molar-refractivity contribution in [1.82, 2.24) is 15.3 Å². The quantitative estimate of drug-likeness (QED) is 0.505. The van der Waals surface area contributed by atoms with E-state index < -0.39 is 0 Å². The normalized spacial score (nSPS) is 14.9. The lowest BCUT2D eigenvalue weighted by atomic mass is 10.1. The first kappa shape index (κ1) is 21.1. The van der Waals surface area contributed by atoms with Crippen LogP contribution >= 0.6 is 0 Å². The van der Waals surface area contributed by atoms with Gasteiger partial charge in [-0.1, -0.05) is 37.8 Å². The highest BCUT2D eigenvalue weighted by Gasteiger charge is 2.16. The van der Waals surface area contributed by atoms with E-state index in [9.17, 15) is 9.59 Å². The number of fused-ring (bicyclic) bond motifs is 1. The van der Waals surface area contributed by atoms with E-state index in [-0.39, 0.29) is 11.8 Å². The summed E-state index contributed by atoms with van der Waals surface area (Å²) in [6.45, 7) is 1.50. The van der Waals surface area contributed by atoms with Crippen LogP contribution in [-0.2, 0) is 17.6 Å². The summed E-state index contributed by atoms with van der Waals surface area (Å²) in [6.07, 6.45) is 8.71. The van der Waals surface area contributed by atoms with Crippen molar-refractivity contribution in [1.29, 1.82) is 0 Å². The number of benzene rings is 2. The van der Waals surface area contributed by atoms with E-state index in [4.69, 9.17) is 0 Å². The molecule has 0 bridgehead atoms. The number of H-pyrrole nitrogens is 1. The molecule has 162 valence electrons. The zero-order valence-electron chi connectivity index (χ0n) is 18.0. The lowest BCUT2D eigenvalue weighted by Gasteiger charge is -2.16. The molecule has 0 spiro atoms. The predicted octanol–water partition coefficient (Wildman–Crippen LogP) is 4.76. The number of anilines is 1. The second-order valence-electron chi connectivity index (χ2n) is 8.46. The van der Waals surface area contributed by atoms with Crippen LogP contribution in [0.5, 0.6) is 0 Å². The Hall–Kier alpha value is -3.15. The van der Waals surface area contributed by atoms with Crippen LogP contribution in [0.4, 0.5) is 5.69 Å². The van der Waals surface area contributed by atoms with E-state index >= 15 is 0 Å². The molecule has 0 unspecified atom stereocenters. The van der Waals surface area contributed by atoms with Crippen molar-refractivity contribution >= 4 is 28.5 Å². The maximum Gasteiger partial charge on any atom is 0.251 e. The van der Waals surface area contributed by atoms with Crippen molar-refractivity contribution in [3.63, 3.8) is 0 Å². The molecule has 4 rings (SSSR count). The Labute approximate surface area is 182 Å². The molecule has 1 heterocycles. The summed E-state index contributed by atoms with van der Waals surface area (Å²) in [7, 11) is 0. The van der Waals surface area contributed by atoms with Gasteiger partial charge < -0.3 is 15.6 Å². The Kier molecular flexibility index (Phi) is 6.65. The summed E-state index contributed by atoms with van der Waals surface area (Å²) >= 11 is 0. The van der Waals surface area contributed by atoms with Gasteiger partial charge >= 0.3 is 0 Å². The van der Waals surface area contributed by atoms with Crippen LogP contribution < -0.4 is 10.6 Å². The number of imidazole rings is 1. The summed E-state index contributed by atoms with van der Waals surface area (Å²) in [5.41, 5.74) is 4.43. The number of amides is 2. The molecule has 2 amide bonds. The number of aryl methyl sites for hydroxylation is 2. The summed E-state index contributed by atoms with van der Waals surface area (Å²) in [5.74, 6) is 0.837. The van der Waals surface area contributed by atoms with E-state index in [1.165, 1.54) is 38.2 Å². The molecule has 3 N–H and O–H groups in total. The summed E-state index contributed by atoms with van der Waals surface area (Å²) in [5, 5.41) is 5.99. The number of hydrogen-bond acceptors (Lipinski definition) is 3. The SMILES string of the molecule is CC(=O)Nc1ccc(CCc2nc3ccc(C(=O)NC4CCCCCC4)cc3[nH]2)cc1. The van der Waals surface area contributed by atoms with Gasteiger partial charge in [-0.15, -0.1) is 0 Å². The number of carbonyl (C=O) groups excluding carboxylic acids is 2. The zero-order chi connectivity index (χ0) is 21.6. The molecule has 1 fully saturated rings. The summed E-state index contributed by atoms with van der Waals surface area (Å²) in [6, 6.07) is 13.8. The third kappa shape index (κ3) is 5.72. The van der Waals surface area contributed by atoms with Gasteiger partial charge in [0.15, 0.2) is 0 Å². The van der Waals surface area contributed by atoms with Gasteiger partial charge in [0.25, 0.3) is 5.91 Å². The fourth-order valence-electron chi connectivity index (χ4n) is 4.24. The molecule has 0 saturated heterocycles. The highest BCUT2D eigenvalue weighted by atomic mass is 16.2. The van der Waals surface area contributed by atoms with Crippen LogP contribution in [0.1, 0.15) is 67.2 Å². The smallest absolute Gasteiger partial charge is 0.251 e. The topological polar surface area (TPSA) is 86.9 Å². The Bertz CT molecular complexity index is 1050. The van der Waals surface area contributed by atoms with Gasteiger partial charge in [0.1, 0.15) is 5.82 Å². The van der Waals surface area contributed by atoms with Gasteiger partial charge in [0.2, 0.25) is 5.91 Å². The number of nitrogens with zero attached hydrogens (tertiary/aromatic N) is 1. The van der Waals surface area contributed by atoms with Crippen molar-refractivity contribution in [2.24, 2.45) is 0 Å². The second kappa shape index (κ2) is 9.77. The Balaban J connectivity index is 1.38. The fraction of sp³-hybridized carbons (Fsp3) is 0.400. The van der Waals surface area contributed by atoms with Gasteiger partial charge in [-0.05, 0) is 55.2 Å². The fourth-order valence-corrected chi connectivity index (χ4v) is 4.24. The lowest BCUT2D eigenvalue weighted by molar-refractivity contribution is -0.114. The molecule has 2 aromatic carbocycles. The number of hydrogen-bond donors (Lipinski definition) is 3.